The molecule has 0 aliphatic carbocycles. The summed E-state index contributed by atoms with van der Waals surface area (Å²) in [5, 5.41) is 9.30. The second-order valence-corrected chi connectivity index (χ2v) is 5.56. The van der Waals surface area contributed by atoms with E-state index in [0.717, 1.165) is 17.9 Å². The Labute approximate surface area is 177 Å². The number of guanidine groups is 1. The summed E-state index contributed by atoms with van der Waals surface area (Å²) < 4.78 is 5.35. The van der Waals surface area contributed by atoms with Crippen LogP contribution in [0, 0.1) is 0 Å². The number of amides is 1. The molecule has 2 rings (SSSR count). The van der Waals surface area contributed by atoms with E-state index < -0.39 is 0 Å². The van der Waals surface area contributed by atoms with Crippen molar-refractivity contribution in [1.29, 1.82) is 0 Å². The minimum atomic E-state index is -0.0802. The van der Waals surface area contributed by atoms with Gasteiger partial charge in [-0.25, -0.2) is 4.99 Å². The number of ether oxygens (including phenoxy) is 1. The quantitative estimate of drug-likeness (QED) is 0.234. The van der Waals surface area contributed by atoms with Gasteiger partial charge in [-0.2, -0.15) is 0 Å². The van der Waals surface area contributed by atoms with Gasteiger partial charge in [-0.3, -0.25) is 4.79 Å². The number of halogens is 1. The molecule has 0 bridgehead atoms. The van der Waals surface area contributed by atoms with E-state index in [1.54, 1.807) is 19.2 Å². The van der Waals surface area contributed by atoms with Gasteiger partial charge in [-0.1, -0.05) is 36.4 Å². The van der Waals surface area contributed by atoms with Gasteiger partial charge in [0.15, 0.2) is 5.96 Å². The fraction of sp³-hybridized carbons (Fsp3) is 0.300. The molecule has 146 valence electrons. The first-order valence-corrected chi connectivity index (χ1v) is 8.72. The second kappa shape index (κ2) is 13.0. The lowest BCUT2D eigenvalue weighted by atomic mass is 10.2. The number of para-hydroxylation sites is 1. The molecule has 6 nitrogen and oxygen atoms in total. The largest absolute Gasteiger partial charge is 0.496 e. The number of nitrogens with one attached hydrogen (secondary N) is 3. The molecule has 0 radical (unpaired) electrons. The van der Waals surface area contributed by atoms with Crippen LogP contribution in [0.15, 0.2) is 59.6 Å². The molecule has 27 heavy (non-hydrogen) atoms. The van der Waals surface area contributed by atoms with Crippen molar-refractivity contribution in [3.63, 3.8) is 0 Å². The van der Waals surface area contributed by atoms with Crippen LogP contribution in [0.5, 0.6) is 5.75 Å². The number of benzene rings is 2. The molecule has 1 amide bonds. The van der Waals surface area contributed by atoms with Crippen LogP contribution in [0.1, 0.15) is 22.8 Å². The molecule has 0 atom stereocenters. The van der Waals surface area contributed by atoms with Crippen molar-refractivity contribution in [3.05, 3.63) is 65.7 Å². The van der Waals surface area contributed by atoms with Crippen molar-refractivity contribution in [3.8, 4) is 5.75 Å². The van der Waals surface area contributed by atoms with Crippen LogP contribution in [-0.2, 0) is 6.54 Å². The van der Waals surface area contributed by atoms with Crippen LogP contribution in [0.2, 0.25) is 0 Å². The molecule has 0 heterocycles. The predicted octanol–water partition coefficient (Wildman–Crippen LogP) is 2.80. The van der Waals surface area contributed by atoms with Gasteiger partial charge in [0.2, 0.25) is 0 Å². The third-order valence-corrected chi connectivity index (χ3v) is 3.68. The third-order valence-electron chi connectivity index (χ3n) is 3.68. The SMILES string of the molecule is CCNC(=NCc1ccccc1OC)NCCNC(=O)c1ccccc1.I. The fourth-order valence-corrected chi connectivity index (χ4v) is 2.39. The van der Waals surface area contributed by atoms with E-state index in [2.05, 4.69) is 20.9 Å². The van der Waals surface area contributed by atoms with Crippen molar-refractivity contribution in [1.82, 2.24) is 16.0 Å². The number of methoxy groups -OCH3 is 1. The second-order valence-electron chi connectivity index (χ2n) is 5.56. The number of carbonyl (C=O) groups excluding carboxylic acids is 1. The maximum absolute atomic E-state index is 12.0. The van der Waals surface area contributed by atoms with Crippen LogP contribution < -0.4 is 20.7 Å². The molecule has 0 unspecified atom stereocenters. The van der Waals surface area contributed by atoms with Crippen molar-refractivity contribution in [2.75, 3.05) is 26.7 Å². The smallest absolute Gasteiger partial charge is 0.251 e. The molecule has 7 heteroatoms. The molecular weight excluding hydrogens is 455 g/mol. The first-order chi connectivity index (χ1) is 12.7. The first kappa shape index (κ1) is 22.8. The van der Waals surface area contributed by atoms with E-state index in [0.29, 0.717) is 31.2 Å². The van der Waals surface area contributed by atoms with Crippen LogP contribution in [0.4, 0.5) is 0 Å². The van der Waals surface area contributed by atoms with Gasteiger partial charge in [0.25, 0.3) is 5.91 Å². The van der Waals surface area contributed by atoms with Gasteiger partial charge in [-0.05, 0) is 25.1 Å². The van der Waals surface area contributed by atoms with Gasteiger partial charge < -0.3 is 20.7 Å². The minimum absolute atomic E-state index is 0. The van der Waals surface area contributed by atoms with E-state index in [1.807, 2.05) is 49.4 Å². The molecule has 0 spiro atoms. The Morgan fingerprint density at radius 1 is 0.963 bits per heavy atom. The number of hydrogen-bond acceptors (Lipinski definition) is 3. The molecule has 0 saturated heterocycles. The Hall–Kier alpha value is -2.29. The highest BCUT2D eigenvalue weighted by atomic mass is 127. The summed E-state index contributed by atoms with van der Waals surface area (Å²) in [7, 11) is 1.65. The molecule has 0 aliphatic rings. The Kier molecular flexibility index (Phi) is 10.9. The van der Waals surface area contributed by atoms with E-state index in [4.69, 9.17) is 4.74 Å². The van der Waals surface area contributed by atoms with Gasteiger partial charge in [0, 0.05) is 30.8 Å². The number of aliphatic imine (C=N–C) groups is 1. The zero-order valence-corrected chi connectivity index (χ0v) is 18.0. The third kappa shape index (κ3) is 7.86. The van der Waals surface area contributed by atoms with E-state index >= 15 is 0 Å². The molecule has 2 aromatic carbocycles. The average molecular weight is 482 g/mol. The molecule has 0 saturated carbocycles. The van der Waals surface area contributed by atoms with Gasteiger partial charge in [0.1, 0.15) is 5.75 Å². The van der Waals surface area contributed by atoms with Crippen molar-refractivity contribution in [2.45, 2.75) is 13.5 Å². The normalized spacial score (nSPS) is 10.5. The molecule has 0 fully saturated rings. The zero-order valence-electron chi connectivity index (χ0n) is 15.7. The molecule has 0 aromatic heterocycles. The lowest BCUT2D eigenvalue weighted by molar-refractivity contribution is 0.0954. The van der Waals surface area contributed by atoms with Gasteiger partial charge in [0.05, 0.1) is 13.7 Å². The van der Waals surface area contributed by atoms with E-state index in [-0.39, 0.29) is 29.9 Å². The monoisotopic (exact) mass is 482 g/mol. The Morgan fingerprint density at radius 3 is 2.33 bits per heavy atom. The lowest BCUT2D eigenvalue weighted by Gasteiger charge is -2.12. The highest BCUT2D eigenvalue weighted by Crippen LogP contribution is 2.17. The Morgan fingerprint density at radius 2 is 1.63 bits per heavy atom. The minimum Gasteiger partial charge on any atom is -0.496 e. The van der Waals surface area contributed by atoms with Crippen molar-refractivity contribution in [2.24, 2.45) is 4.99 Å². The molecule has 2 aromatic rings. The zero-order chi connectivity index (χ0) is 18.6. The lowest BCUT2D eigenvalue weighted by Crippen LogP contribution is -2.41. The van der Waals surface area contributed by atoms with Gasteiger partial charge >= 0.3 is 0 Å². The number of rotatable bonds is 8. The maximum Gasteiger partial charge on any atom is 0.251 e. The highest BCUT2D eigenvalue weighted by molar-refractivity contribution is 14.0. The Balaban J connectivity index is 0.00000364. The predicted molar refractivity (Wildman–Crippen MR) is 120 cm³/mol. The summed E-state index contributed by atoms with van der Waals surface area (Å²) >= 11 is 0. The standard InChI is InChI=1S/C20H26N4O2.HI/c1-3-21-20(24-15-17-11-7-8-12-18(17)26-2)23-14-13-22-19(25)16-9-5-4-6-10-16;/h4-12H,3,13-15H2,1-2H3,(H,22,25)(H2,21,23,24);1H. The van der Waals surface area contributed by atoms with Crippen LogP contribution in [-0.4, -0.2) is 38.6 Å². The summed E-state index contributed by atoms with van der Waals surface area (Å²) in [6.45, 7) is 4.37. The van der Waals surface area contributed by atoms with E-state index in [1.165, 1.54) is 0 Å². The summed E-state index contributed by atoms with van der Waals surface area (Å²) in [5.74, 6) is 1.44. The number of carbonyl (C=O) groups is 1. The van der Waals surface area contributed by atoms with Crippen LogP contribution in [0.25, 0.3) is 0 Å². The first-order valence-electron chi connectivity index (χ1n) is 8.72. The van der Waals surface area contributed by atoms with Crippen molar-refractivity contribution >= 4 is 35.8 Å². The topological polar surface area (TPSA) is 74.8 Å². The number of nitrogens with zero attached hydrogens (tertiary/aromatic N) is 1. The Bertz CT molecular complexity index is 723. The number of hydrogen-bond donors (Lipinski definition) is 3. The van der Waals surface area contributed by atoms with Crippen LogP contribution >= 0.6 is 24.0 Å². The summed E-state index contributed by atoms with van der Waals surface area (Å²) in [6.07, 6.45) is 0. The molecular formula is C20H27IN4O2. The average Bonchev–Trinajstić information content (AvgIpc) is 2.69. The van der Waals surface area contributed by atoms with E-state index in [9.17, 15) is 4.79 Å². The maximum atomic E-state index is 12.0. The molecule has 3 N–H and O–H groups in total. The van der Waals surface area contributed by atoms with Gasteiger partial charge in [-0.15, -0.1) is 24.0 Å². The van der Waals surface area contributed by atoms with Crippen molar-refractivity contribution < 1.29 is 9.53 Å². The summed E-state index contributed by atoms with van der Waals surface area (Å²) in [5.41, 5.74) is 1.67. The molecule has 0 aliphatic heterocycles. The summed E-state index contributed by atoms with van der Waals surface area (Å²) in [4.78, 5) is 16.6. The highest BCUT2D eigenvalue weighted by Gasteiger charge is 2.04. The fourth-order valence-electron chi connectivity index (χ4n) is 2.39. The summed E-state index contributed by atoms with van der Waals surface area (Å²) in [6, 6.07) is 17.0. The van der Waals surface area contributed by atoms with Crippen LogP contribution in [0.3, 0.4) is 0 Å².